The van der Waals surface area contributed by atoms with E-state index in [1.165, 1.54) is 0 Å². The zero-order chi connectivity index (χ0) is 49.5. The second kappa shape index (κ2) is 22.1. The number of guanidine groups is 1. The number of amides is 3. The number of sulfonamides is 1. The van der Waals surface area contributed by atoms with E-state index in [1.807, 2.05) is 62.4 Å². The molecule has 0 aliphatic carbocycles. The van der Waals surface area contributed by atoms with Gasteiger partial charge in [0.25, 0.3) is 0 Å². The molecule has 0 spiro atoms. The quantitative estimate of drug-likeness (QED) is 0.0327. The van der Waals surface area contributed by atoms with Gasteiger partial charge in [-0.05, 0) is 111 Å². The fourth-order valence-corrected chi connectivity index (χ4v) is 11.7. The van der Waals surface area contributed by atoms with Gasteiger partial charge in [0, 0.05) is 25.4 Å². The van der Waals surface area contributed by atoms with Gasteiger partial charge in [0.2, 0.25) is 27.7 Å². The molecule has 6 rings (SSSR count). The minimum Gasteiger partial charge on any atom is -0.487 e. The van der Waals surface area contributed by atoms with Crippen LogP contribution in [0.25, 0.3) is 10.8 Å². The van der Waals surface area contributed by atoms with Crippen LogP contribution in [0.4, 0.5) is 0 Å². The molecular weight excluding hydrogens is 907 g/mol. The number of nitrogens with zero attached hydrogens (tertiary/aromatic N) is 2. The number of Topliss-reactive ketones (excluding diaryl/α,β-unsaturated/α-hetero) is 2. The van der Waals surface area contributed by atoms with E-state index in [1.54, 1.807) is 45.0 Å². The Morgan fingerprint density at radius 1 is 0.956 bits per heavy atom. The smallest absolute Gasteiger partial charge is 0.248 e. The largest absolute Gasteiger partial charge is 0.487 e. The number of hydrogen-bond acceptors (Lipinski definition) is 12. The predicted molar refractivity (Wildman–Crippen MR) is 264 cm³/mol. The van der Waals surface area contributed by atoms with Gasteiger partial charge < -0.3 is 43.2 Å². The third-order valence-electron chi connectivity index (χ3n) is 12.6. The summed E-state index contributed by atoms with van der Waals surface area (Å²) in [6, 6.07) is 15.3. The third-order valence-corrected chi connectivity index (χ3v) is 15.4. The molecule has 68 heavy (non-hydrogen) atoms. The molecule has 3 amide bonds. The van der Waals surface area contributed by atoms with E-state index in [9.17, 15) is 27.6 Å². The SMILES string of the molecule is Cc1c(C)c(S(=O)(=O)N[C@@H](CCCN=C(N)N)C(=O)C(C(N)=O)N2CC(C(=O)[C@@H](N)Cc3ccccc3)NC(=O)C(NCc3cccc4ccccc34)CSCC2=O)c(C)c2c1OC(C)(C)CC2. The maximum atomic E-state index is 15.0. The van der Waals surface area contributed by atoms with Crippen LogP contribution in [0.5, 0.6) is 5.75 Å². The van der Waals surface area contributed by atoms with Crippen LogP contribution in [0.3, 0.4) is 0 Å². The summed E-state index contributed by atoms with van der Waals surface area (Å²) in [4.78, 5) is 76.7. The van der Waals surface area contributed by atoms with Crippen molar-refractivity contribution in [3.05, 3.63) is 106 Å². The van der Waals surface area contributed by atoms with E-state index in [0.29, 0.717) is 35.3 Å². The molecule has 0 bridgehead atoms. The van der Waals surface area contributed by atoms with Crippen molar-refractivity contribution in [2.45, 2.75) is 114 Å². The van der Waals surface area contributed by atoms with Gasteiger partial charge in [-0.3, -0.25) is 29.0 Å². The van der Waals surface area contributed by atoms with Gasteiger partial charge in [-0.2, -0.15) is 0 Å². The number of rotatable bonds is 18. The monoisotopic (exact) mass is 969 g/mol. The molecule has 1 saturated heterocycles. The van der Waals surface area contributed by atoms with E-state index in [4.69, 9.17) is 27.7 Å². The van der Waals surface area contributed by atoms with Gasteiger partial charge in [0.15, 0.2) is 23.6 Å². The van der Waals surface area contributed by atoms with Crippen molar-refractivity contribution in [3.63, 3.8) is 0 Å². The summed E-state index contributed by atoms with van der Waals surface area (Å²) in [6.07, 6.45) is 1.09. The summed E-state index contributed by atoms with van der Waals surface area (Å²) in [5.74, 6) is -4.25. The molecule has 2 heterocycles. The Balaban J connectivity index is 1.34. The highest BCUT2D eigenvalue weighted by atomic mass is 32.2. The summed E-state index contributed by atoms with van der Waals surface area (Å²) < 4.78 is 38.2. The highest BCUT2D eigenvalue weighted by Gasteiger charge is 2.44. The first kappa shape index (κ1) is 51.5. The molecule has 3 unspecified atom stereocenters. The predicted octanol–water partition coefficient (Wildman–Crippen LogP) is 2.35. The van der Waals surface area contributed by atoms with Crippen molar-refractivity contribution in [1.29, 1.82) is 0 Å². The first-order valence-corrected chi connectivity index (χ1v) is 25.3. The molecule has 364 valence electrons. The molecule has 4 aromatic carbocycles. The molecule has 1 fully saturated rings. The van der Waals surface area contributed by atoms with Gasteiger partial charge in [-0.1, -0.05) is 72.8 Å². The molecular formula is C49H63N9O8S2. The average molecular weight is 970 g/mol. The lowest BCUT2D eigenvalue weighted by molar-refractivity contribution is -0.146. The van der Waals surface area contributed by atoms with Crippen molar-refractivity contribution >= 4 is 67.8 Å². The summed E-state index contributed by atoms with van der Waals surface area (Å²) in [7, 11) is -4.55. The lowest BCUT2D eigenvalue weighted by Gasteiger charge is -2.36. The fraction of sp³-hybridized carbons (Fsp3) is 0.429. The molecule has 0 radical (unpaired) electrons. The first-order chi connectivity index (χ1) is 32.2. The number of primary amides is 1. The summed E-state index contributed by atoms with van der Waals surface area (Å²) in [5, 5.41) is 8.09. The Labute approximate surface area is 402 Å². The number of thioether (sulfide) groups is 1. The Bertz CT molecular complexity index is 2690. The second-order valence-electron chi connectivity index (χ2n) is 18.1. The summed E-state index contributed by atoms with van der Waals surface area (Å²) in [5.41, 5.74) is 27.1. The average Bonchev–Trinajstić information content (AvgIpc) is 3.28. The zero-order valence-corrected chi connectivity index (χ0v) is 40.8. The maximum absolute atomic E-state index is 15.0. The number of carbonyl (C=O) groups excluding carboxylic acids is 5. The lowest BCUT2D eigenvalue weighted by atomic mass is 9.88. The number of carbonyl (C=O) groups is 5. The molecule has 11 N–H and O–H groups in total. The number of fused-ring (bicyclic) bond motifs is 2. The van der Waals surface area contributed by atoms with Crippen LogP contribution in [0.1, 0.15) is 66.5 Å². The van der Waals surface area contributed by atoms with Crippen LogP contribution in [-0.4, -0.2) is 109 Å². The van der Waals surface area contributed by atoms with Crippen molar-refractivity contribution in [2.24, 2.45) is 27.9 Å². The Morgan fingerprint density at radius 3 is 2.35 bits per heavy atom. The molecule has 2 aliphatic rings. The number of benzene rings is 4. The fourth-order valence-electron chi connectivity index (χ4n) is 8.91. The summed E-state index contributed by atoms with van der Waals surface area (Å²) >= 11 is 1.08. The molecule has 17 nitrogen and oxygen atoms in total. The van der Waals surface area contributed by atoms with Crippen molar-refractivity contribution < 1.29 is 37.1 Å². The van der Waals surface area contributed by atoms with Gasteiger partial charge in [0.05, 0.1) is 28.8 Å². The Hall–Kier alpha value is -5.86. The standard InChI is InChI=1S/C49H63N9O8S2/c1-28-29(2)45(30(3)34-20-21-49(4,5)66-44(28)34)68(64,65)57-37(19-12-22-54-48(52)53)43(61)41(46(51)62)58-25-38(42(60)36(50)23-31-13-7-6-8-14-31)56-47(63)39(26-67-27-40(58)59)55-24-33-17-11-16-32-15-9-10-18-35(32)33/h6-11,13-18,36-39,41,55,57H,12,19-27,50H2,1-5H3,(H2,51,62)(H,56,63)(H4,52,53,54)/t36-,37-,38?,39?,41?/m0/s1. The highest BCUT2D eigenvalue weighted by molar-refractivity contribution is 8.00. The molecule has 0 saturated carbocycles. The number of nitrogens with one attached hydrogen (secondary N) is 3. The van der Waals surface area contributed by atoms with Gasteiger partial charge in [0.1, 0.15) is 17.4 Å². The number of ether oxygens (including phenoxy) is 1. The van der Waals surface area contributed by atoms with E-state index in [0.717, 1.165) is 44.1 Å². The van der Waals surface area contributed by atoms with Gasteiger partial charge in [-0.25, -0.2) is 13.1 Å². The molecule has 19 heteroatoms. The lowest BCUT2D eigenvalue weighted by Crippen LogP contribution is -2.64. The number of hydrogen-bond donors (Lipinski definition) is 7. The molecule has 4 aromatic rings. The zero-order valence-electron chi connectivity index (χ0n) is 39.2. The Kier molecular flexibility index (Phi) is 16.7. The highest BCUT2D eigenvalue weighted by Crippen LogP contribution is 2.42. The maximum Gasteiger partial charge on any atom is 0.248 e. The minimum atomic E-state index is -4.55. The molecule has 0 aromatic heterocycles. The van der Waals surface area contributed by atoms with Crippen LogP contribution in [-0.2, 0) is 53.4 Å². The third kappa shape index (κ3) is 12.2. The Morgan fingerprint density at radius 2 is 1.65 bits per heavy atom. The van der Waals surface area contributed by atoms with E-state index in [2.05, 4.69) is 20.3 Å². The molecule has 2 aliphatic heterocycles. The van der Waals surface area contributed by atoms with Crippen molar-refractivity contribution in [1.82, 2.24) is 20.3 Å². The summed E-state index contributed by atoms with van der Waals surface area (Å²) in [6.45, 7) is 8.63. The first-order valence-electron chi connectivity index (χ1n) is 22.6. The van der Waals surface area contributed by atoms with Gasteiger partial charge >= 0.3 is 0 Å². The van der Waals surface area contributed by atoms with Crippen molar-refractivity contribution in [2.75, 3.05) is 24.6 Å². The van der Waals surface area contributed by atoms with Crippen LogP contribution >= 0.6 is 11.8 Å². The van der Waals surface area contributed by atoms with Crippen LogP contribution in [0, 0.1) is 20.8 Å². The number of nitrogens with two attached hydrogens (primary N) is 4. The van der Waals surface area contributed by atoms with E-state index >= 15 is 4.79 Å². The number of aliphatic imine (C=N–C) groups is 1. The topological polar surface area (TPSA) is 284 Å². The second-order valence-corrected chi connectivity index (χ2v) is 20.8. The molecule has 5 atom stereocenters. The van der Waals surface area contributed by atoms with E-state index in [-0.39, 0.29) is 54.7 Å². The number of ketones is 2. The van der Waals surface area contributed by atoms with Crippen molar-refractivity contribution in [3.8, 4) is 5.75 Å². The van der Waals surface area contributed by atoms with Crippen LogP contribution in [0.2, 0.25) is 0 Å². The normalized spacial score (nSPS) is 18.9. The minimum absolute atomic E-state index is 0.00486. The van der Waals surface area contributed by atoms with Crippen LogP contribution in [0.15, 0.2) is 82.7 Å². The van der Waals surface area contributed by atoms with Gasteiger partial charge in [-0.15, -0.1) is 11.8 Å². The van der Waals surface area contributed by atoms with Crippen LogP contribution < -0.4 is 43.0 Å². The van der Waals surface area contributed by atoms with E-state index < -0.39 is 81.7 Å².